The van der Waals surface area contributed by atoms with E-state index in [9.17, 15) is 9.90 Å². The maximum absolute atomic E-state index is 11.9. The molecule has 0 aliphatic rings. The lowest BCUT2D eigenvalue weighted by atomic mass is 10.1. The van der Waals surface area contributed by atoms with E-state index in [2.05, 4.69) is 4.90 Å². The summed E-state index contributed by atoms with van der Waals surface area (Å²) in [6.07, 6.45) is 0.475. The van der Waals surface area contributed by atoms with Crippen LogP contribution in [0.15, 0.2) is 24.3 Å². The van der Waals surface area contributed by atoms with Gasteiger partial charge in [-0.05, 0) is 51.9 Å². The predicted octanol–water partition coefficient (Wildman–Crippen LogP) is 2.92. The van der Waals surface area contributed by atoms with Gasteiger partial charge in [-0.3, -0.25) is 4.90 Å². The van der Waals surface area contributed by atoms with Crippen molar-refractivity contribution in [1.82, 2.24) is 9.80 Å². The molecule has 0 radical (unpaired) electrons. The Morgan fingerprint density at radius 2 is 1.76 bits per heavy atom. The van der Waals surface area contributed by atoms with E-state index in [1.54, 1.807) is 19.1 Å². The van der Waals surface area contributed by atoms with Crippen LogP contribution in [0.2, 0.25) is 0 Å². The summed E-state index contributed by atoms with van der Waals surface area (Å²) in [4.78, 5) is 15.6. The highest BCUT2D eigenvalue weighted by Gasteiger charge is 2.20. The van der Waals surface area contributed by atoms with E-state index in [4.69, 9.17) is 9.47 Å². The summed E-state index contributed by atoms with van der Waals surface area (Å²) in [6, 6.07) is 7.62. The Hall–Kier alpha value is -1.79. The molecule has 0 aromatic heterocycles. The van der Waals surface area contributed by atoms with Gasteiger partial charge in [0.15, 0.2) is 0 Å². The van der Waals surface area contributed by atoms with Crippen molar-refractivity contribution in [3.05, 3.63) is 29.8 Å². The van der Waals surface area contributed by atoms with Gasteiger partial charge in [-0.1, -0.05) is 12.1 Å². The Labute approximate surface area is 151 Å². The molecule has 6 heteroatoms. The monoisotopic (exact) mass is 352 g/mol. The van der Waals surface area contributed by atoms with E-state index in [1.165, 1.54) is 0 Å². The Bertz CT molecular complexity index is 525. The van der Waals surface area contributed by atoms with Crippen LogP contribution in [-0.4, -0.2) is 67.5 Å². The fourth-order valence-electron chi connectivity index (χ4n) is 2.47. The zero-order valence-electron chi connectivity index (χ0n) is 16.3. The van der Waals surface area contributed by atoms with Gasteiger partial charge in [0.05, 0.1) is 19.8 Å². The summed E-state index contributed by atoms with van der Waals surface area (Å²) in [7, 11) is 5.34. The van der Waals surface area contributed by atoms with Gasteiger partial charge in [0, 0.05) is 20.1 Å². The Morgan fingerprint density at radius 3 is 2.24 bits per heavy atom. The van der Waals surface area contributed by atoms with Gasteiger partial charge in [-0.15, -0.1) is 0 Å². The first kappa shape index (κ1) is 21.3. The van der Waals surface area contributed by atoms with Crippen molar-refractivity contribution in [2.75, 3.05) is 40.9 Å². The van der Waals surface area contributed by atoms with Gasteiger partial charge in [-0.2, -0.15) is 0 Å². The summed E-state index contributed by atoms with van der Waals surface area (Å²) < 4.78 is 10.5. The lowest BCUT2D eigenvalue weighted by Gasteiger charge is -2.28. The van der Waals surface area contributed by atoms with Crippen LogP contribution in [0.1, 0.15) is 38.8 Å². The van der Waals surface area contributed by atoms with E-state index in [0.29, 0.717) is 6.54 Å². The number of nitrogens with zero attached hydrogens (tertiary/aromatic N) is 2. The summed E-state index contributed by atoms with van der Waals surface area (Å²) in [5.74, 6) is 0.794. The highest BCUT2D eigenvalue weighted by atomic mass is 16.6. The SMILES string of the molecule is COc1ccc([C@@H](CO)N(C)CCCN(C)C(=O)OC(C)(C)C)cc1. The zero-order chi connectivity index (χ0) is 19.0. The number of ether oxygens (including phenoxy) is 2. The minimum absolute atomic E-state index is 0.0325. The fourth-order valence-corrected chi connectivity index (χ4v) is 2.47. The highest BCUT2D eigenvalue weighted by molar-refractivity contribution is 5.67. The zero-order valence-corrected chi connectivity index (χ0v) is 16.3. The Morgan fingerprint density at radius 1 is 1.16 bits per heavy atom. The molecule has 0 fully saturated rings. The number of benzene rings is 1. The smallest absolute Gasteiger partial charge is 0.410 e. The molecule has 1 N–H and O–H groups in total. The van der Waals surface area contributed by atoms with Crippen LogP contribution >= 0.6 is 0 Å². The van der Waals surface area contributed by atoms with Gasteiger partial charge in [0.1, 0.15) is 11.4 Å². The van der Waals surface area contributed by atoms with Crippen molar-refractivity contribution < 1.29 is 19.4 Å². The van der Waals surface area contributed by atoms with Crippen LogP contribution in [0.25, 0.3) is 0 Å². The molecule has 1 atom stereocenters. The number of hydrogen-bond donors (Lipinski definition) is 1. The third-order valence-electron chi connectivity index (χ3n) is 3.92. The second kappa shape index (κ2) is 9.63. The van der Waals surface area contributed by atoms with Crippen LogP contribution in [-0.2, 0) is 4.74 Å². The number of aliphatic hydroxyl groups is 1. The van der Waals surface area contributed by atoms with Crippen molar-refractivity contribution in [2.24, 2.45) is 0 Å². The molecule has 1 amide bonds. The second-order valence-electron chi connectivity index (χ2n) is 7.21. The van der Waals surface area contributed by atoms with Crippen molar-refractivity contribution in [3.63, 3.8) is 0 Å². The largest absolute Gasteiger partial charge is 0.497 e. The molecule has 1 rings (SSSR count). The van der Waals surface area contributed by atoms with Crippen LogP contribution in [0.5, 0.6) is 5.75 Å². The summed E-state index contributed by atoms with van der Waals surface area (Å²) in [5.41, 5.74) is 0.546. The van der Waals surface area contributed by atoms with Crippen LogP contribution in [0.4, 0.5) is 4.79 Å². The molecular formula is C19H32N2O4. The molecule has 0 saturated heterocycles. The highest BCUT2D eigenvalue weighted by Crippen LogP contribution is 2.22. The van der Waals surface area contributed by atoms with Gasteiger partial charge < -0.3 is 19.5 Å². The van der Waals surface area contributed by atoms with E-state index < -0.39 is 5.60 Å². The van der Waals surface area contributed by atoms with Gasteiger partial charge in [-0.25, -0.2) is 4.79 Å². The van der Waals surface area contributed by atoms with Crippen LogP contribution in [0.3, 0.4) is 0 Å². The van der Waals surface area contributed by atoms with Gasteiger partial charge in [0.2, 0.25) is 0 Å². The van der Waals surface area contributed by atoms with Gasteiger partial charge in [0.25, 0.3) is 0 Å². The summed E-state index contributed by atoms with van der Waals surface area (Å²) in [5, 5.41) is 9.74. The molecule has 25 heavy (non-hydrogen) atoms. The minimum atomic E-state index is -0.488. The average molecular weight is 352 g/mol. The fraction of sp³-hybridized carbons (Fsp3) is 0.632. The summed E-state index contributed by atoms with van der Waals surface area (Å²) in [6.45, 7) is 6.95. The second-order valence-corrected chi connectivity index (χ2v) is 7.21. The quantitative estimate of drug-likeness (QED) is 0.779. The molecule has 0 aliphatic heterocycles. The topological polar surface area (TPSA) is 62.2 Å². The van der Waals surface area contributed by atoms with Gasteiger partial charge >= 0.3 is 6.09 Å². The molecule has 142 valence electrons. The number of likely N-dealkylation sites (N-methyl/N-ethyl adjacent to an activating group) is 1. The van der Waals surface area contributed by atoms with E-state index in [-0.39, 0.29) is 18.7 Å². The molecule has 1 aromatic rings. The molecular weight excluding hydrogens is 320 g/mol. The lowest BCUT2D eigenvalue weighted by molar-refractivity contribution is 0.0290. The number of aliphatic hydroxyl groups excluding tert-OH is 1. The van der Waals surface area contributed by atoms with Crippen molar-refractivity contribution in [3.8, 4) is 5.75 Å². The normalized spacial score (nSPS) is 12.8. The molecule has 0 unspecified atom stereocenters. The van der Waals surface area contributed by atoms with E-state index in [1.807, 2.05) is 52.1 Å². The van der Waals surface area contributed by atoms with Crippen LogP contribution in [0, 0.1) is 0 Å². The number of methoxy groups -OCH3 is 1. The lowest BCUT2D eigenvalue weighted by Crippen LogP contribution is -2.36. The van der Waals surface area contributed by atoms with Crippen LogP contribution < -0.4 is 4.74 Å². The third-order valence-corrected chi connectivity index (χ3v) is 3.92. The third kappa shape index (κ3) is 7.32. The molecule has 0 saturated carbocycles. The molecule has 0 heterocycles. The van der Waals surface area contributed by atoms with Crippen molar-refractivity contribution in [2.45, 2.75) is 38.8 Å². The molecule has 0 aliphatic carbocycles. The molecule has 6 nitrogen and oxygen atoms in total. The maximum Gasteiger partial charge on any atom is 0.410 e. The number of carbonyl (C=O) groups excluding carboxylic acids is 1. The predicted molar refractivity (Wildman–Crippen MR) is 98.9 cm³/mol. The Kier molecular flexibility index (Phi) is 8.19. The van der Waals surface area contributed by atoms with E-state index in [0.717, 1.165) is 24.3 Å². The minimum Gasteiger partial charge on any atom is -0.497 e. The molecule has 0 bridgehead atoms. The van der Waals surface area contributed by atoms with Crippen molar-refractivity contribution in [1.29, 1.82) is 0 Å². The Balaban J connectivity index is 2.50. The first-order valence-electron chi connectivity index (χ1n) is 8.57. The maximum atomic E-state index is 11.9. The molecule has 0 spiro atoms. The number of amides is 1. The molecule has 1 aromatic carbocycles. The average Bonchev–Trinajstić information content (AvgIpc) is 2.54. The van der Waals surface area contributed by atoms with Crippen molar-refractivity contribution >= 4 is 6.09 Å². The first-order chi connectivity index (χ1) is 11.7. The summed E-state index contributed by atoms with van der Waals surface area (Å²) >= 11 is 0. The standard InChI is InChI=1S/C19H32N2O4/c1-19(2,3)25-18(23)21(5)13-7-12-20(4)17(14-22)15-8-10-16(24-6)11-9-15/h8-11,17,22H,7,12-14H2,1-6H3/t17-/m1/s1. The number of rotatable bonds is 8. The number of hydrogen-bond acceptors (Lipinski definition) is 5. The first-order valence-corrected chi connectivity index (χ1v) is 8.57. The number of carbonyl (C=O) groups is 1. The van der Waals surface area contributed by atoms with E-state index >= 15 is 0 Å².